The number of rotatable bonds is 5. The lowest BCUT2D eigenvalue weighted by atomic mass is 10.1. The van der Waals surface area contributed by atoms with Gasteiger partial charge in [-0.3, -0.25) is 0 Å². The Morgan fingerprint density at radius 1 is 1.56 bits per heavy atom. The van der Waals surface area contributed by atoms with E-state index in [0.717, 1.165) is 18.9 Å². The van der Waals surface area contributed by atoms with Crippen molar-refractivity contribution in [3.05, 3.63) is 22.6 Å². The minimum absolute atomic E-state index is 0.316. The lowest BCUT2D eigenvalue weighted by molar-refractivity contribution is 0.539. The zero-order chi connectivity index (χ0) is 13.1. The first kappa shape index (κ1) is 12.6. The van der Waals surface area contributed by atoms with Crippen LogP contribution in [0.4, 0.5) is 5.82 Å². The molecule has 7 heteroatoms. The Bertz CT molecular complexity index is 574. The standard InChI is InChI=1S/C11H18N6O/c1-8(6-12-2)7-16(3)10-5-4-9-13-14-11(18)17(9)15-10/h4-5,8,12H,6-7H2,1-3H3,(H,14,18). The maximum absolute atomic E-state index is 11.4. The average Bonchev–Trinajstić information content (AvgIpc) is 2.71. The smallest absolute Gasteiger partial charge is 0.358 e. The van der Waals surface area contributed by atoms with Gasteiger partial charge < -0.3 is 10.2 Å². The predicted octanol–water partition coefficient (Wildman–Crippen LogP) is -0.291. The first-order chi connectivity index (χ1) is 8.61. The zero-order valence-electron chi connectivity index (χ0n) is 10.8. The fourth-order valence-electron chi connectivity index (χ4n) is 1.97. The normalized spacial score (nSPS) is 12.8. The van der Waals surface area contributed by atoms with Crippen LogP contribution in [-0.2, 0) is 0 Å². The molecule has 0 aliphatic rings. The number of hydrogen-bond donors (Lipinski definition) is 2. The van der Waals surface area contributed by atoms with E-state index in [1.54, 1.807) is 6.07 Å². The second kappa shape index (κ2) is 5.18. The highest BCUT2D eigenvalue weighted by Crippen LogP contribution is 2.10. The van der Waals surface area contributed by atoms with Crippen molar-refractivity contribution in [2.24, 2.45) is 5.92 Å². The molecule has 0 aliphatic carbocycles. The van der Waals surface area contributed by atoms with Crippen LogP contribution in [0.2, 0.25) is 0 Å². The van der Waals surface area contributed by atoms with Crippen LogP contribution in [-0.4, -0.2) is 47.0 Å². The molecule has 0 saturated carbocycles. The van der Waals surface area contributed by atoms with Crippen LogP contribution < -0.4 is 15.9 Å². The van der Waals surface area contributed by atoms with E-state index in [9.17, 15) is 4.79 Å². The van der Waals surface area contributed by atoms with Crippen molar-refractivity contribution in [1.82, 2.24) is 25.1 Å². The highest BCUT2D eigenvalue weighted by molar-refractivity contribution is 5.44. The largest absolute Gasteiger partial charge is 0.364 e. The Labute approximate surface area is 105 Å². The fraction of sp³-hybridized carbons (Fsp3) is 0.545. The monoisotopic (exact) mass is 250 g/mol. The second-order valence-electron chi connectivity index (χ2n) is 4.53. The van der Waals surface area contributed by atoms with Crippen molar-refractivity contribution in [2.75, 3.05) is 32.1 Å². The van der Waals surface area contributed by atoms with Crippen molar-refractivity contribution in [3.8, 4) is 0 Å². The molecule has 0 bridgehead atoms. The zero-order valence-corrected chi connectivity index (χ0v) is 10.8. The highest BCUT2D eigenvalue weighted by atomic mass is 16.2. The summed E-state index contributed by atoms with van der Waals surface area (Å²) in [5.41, 5.74) is 0.212. The van der Waals surface area contributed by atoms with Gasteiger partial charge in [0.15, 0.2) is 5.65 Å². The molecule has 2 aromatic rings. The molecule has 2 heterocycles. The molecule has 0 aliphatic heterocycles. The number of aromatic amines is 1. The average molecular weight is 250 g/mol. The number of nitrogens with zero attached hydrogens (tertiary/aromatic N) is 4. The van der Waals surface area contributed by atoms with Gasteiger partial charge in [-0.05, 0) is 31.6 Å². The van der Waals surface area contributed by atoms with Crippen LogP contribution in [0.15, 0.2) is 16.9 Å². The number of anilines is 1. The van der Waals surface area contributed by atoms with E-state index in [-0.39, 0.29) is 5.69 Å². The minimum Gasteiger partial charge on any atom is -0.358 e. The maximum Gasteiger partial charge on any atom is 0.364 e. The van der Waals surface area contributed by atoms with Gasteiger partial charge in [-0.2, -0.15) is 9.61 Å². The number of hydrogen-bond acceptors (Lipinski definition) is 5. The Morgan fingerprint density at radius 2 is 2.33 bits per heavy atom. The van der Waals surface area contributed by atoms with Gasteiger partial charge >= 0.3 is 5.69 Å². The molecule has 18 heavy (non-hydrogen) atoms. The Hall–Kier alpha value is -1.89. The first-order valence-corrected chi connectivity index (χ1v) is 5.92. The van der Waals surface area contributed by atoms with Gasteiger partial charge in [0.25, 0.3) is 0 Å². The van der Waals surface area contributed by atoms with Gasteiger partial charge in [0.05, 0.1) is 0 Å². The van der Waals surface area contributed by atoms with Crippen LogP contribution in [0, 0.1) is 5.92 Å². The first-order valence-electron chi connectivity index (χ1n) is 5.92. The van der Waals surface area contributed by atoms with E-state index in [2.05, 4.69) is 27.5 Å². The molecule has 2 rings (SSSR count). The van der Waals surface area contributed by atoms with Gasteiger partial charge in [0.1, 0.15) is 5.82 Å². The Kier molecular flexibility index (Phi) is 3.61. The summed E-state index contributed by atoms with van der Waals surface area (Å²) in [4.78, 5) is 13.5. The van der Waals surface area contributed by atoms with Gasteiger partial charge in [-0.25, -0.2) is 9.89 Å². The number of aromatic nitrogens is 4. The molecule has 0 aromatic carbocycles. The number of nitrogens with one attached hydrogen (secondary N) is 2. The summed E-state index contributed by atoms with van der Waals surface area (Å²) in [5.74, 6) is 1.26. The van der Waals surface area contributed by atoms with E-state index >= 15 is 0 Å². The molecule has 0 fully saturated rings. The quantitative estimate of drug-likeness (QED) is 0.762. The molecule has 2 aromatic heterocycles. The summed E-state index contributed by atoms with van der Waals surface area (Å²) >= 11 is 0. The maximum atomic E-state index is 11.4. The van der Waals surface area contributed by atoms with Crippen LogP contribution in [0.5, 0.6) is 0 Å². The Morgan fingerprint density at radius 3 is 3.06 bits per heavy atom. The van der Waals surface area contributed by atoms with Crippen LogP contribution in [0.1, 0.15) is 6.92 Å². The third kappa shape index (κ3) is 2.51. The lowest BCUT2D eigenvalue weighted by Gasteiger charge is -2.21. The summed E-state index contributed by atoms with van der Waals surface area (Å²) in [6, 6.07) is 3.64. The van der Waals surface area contributed by atoms with Crippen molar-refractivity contribution < 1.29 is 0 Å². The lowest BCUT2D eigenvalue weighted by Crippen LogP contribution is -2.30. The summed E-state index contributed by atoms with van der Waals surface area (Å²) < 4.78 is 1.27. The molecule has 98 valence electrons. The summed E-state index contributed by atoms with van der Waals surface area (Å²) in [7, 11) is 3.90. The van der Waals surface area contributed by atoms with E-state index in [1.807, 2.05) is 25.1 Å². The number of H-pyrrole nitrogens is 1. The molecular weight excluding hydrogens is 232 g/mol. The summed E-state index contributed by atoms with van der Waals surface area (Å²) in [6.45, 7) is 3.97. The van der Waals surface area contributed by atoms with Crippen molar-refractivity contribution in [3.63, 3.8) is 0 Å². The van der Waals surface area contributed by atoms with Crippen molar-refractivity contribution >= 4 is 11.5 Å². The third-order valence-corrected chi connectivity index (χ3v) is 2.79. The molecule has 1 atom stereocenters. The molecule has 1 unspecified atom stereocenters. The van der Waals surface area contributed by atoms with E-state index in [0.29, 0.717) is 11.6 Å². The topological polar surface area (TPSA) is 78.3 Å². The number of fused-ring (bicyclic) bond motifs is 1. The van der Waals surface area contributed by atoms with Crippen LogP contribution in [0.3, 0.4) is 0 Å². The molecular formula is C11H18N6O. The highest BCUT2D eigenvalue weighted by Gasteiger charge is 2.09. The third-order valence-electron chi connectivity index (χ3n) is 2.79. The molecule has 0 amide bonds. The van der Waals surface area contributed by atoms with E-state index < -0.39 is 0 Å². The van der Waals surface area contributed by atoms with Crippen LogP contribution in [0.25, 0.3) is 5.65 Å². The second-order valence-corrected chi connectivity index (χ2v) is 4.53. The predicted molar refractivity (Wildman–Crippen MR) is 70.0 cm³/mol. The SMILES string of the molecule is CNCC(C)CN(C)c1ccc2n[nH]c(=O)n2n1. The molecule has 2 N–H and O–H groups in total. The van der Waals surface area contributed by atoms with Gasteiger partial charge in [0.2, 0.25) is 0 Å². The molecule has 0 spiro atoms. The van der Waals surface area contributed by atoms with Gasteiger partial charge in [-0.1, -0.05) is 6.92 Å². The van der Waals surface area contributed by atoms with Gasteiger partial charge in [-0.15, -0.1) is 5.10 Å². The minimum atomic E-state index is -0.316. The van der Waals surface area contributed by atoms with Crippen molar-refractivity contribution in [1.29, 1.82) is 0 Å². The van der Waals surface area contributed by atoms with Gasteiger partial charge in [0, 0.05) is 13.6 Å². The van der Waals surface area contributed by atoms with Crippen molar-refractivity contribution in [2.45, 2.75) is 6.92 Å². The summed E-state index contributed by atoms with van der Waals surface area (Å²) in [6.07, 6.45) is 0. The fourth-order valence-corrected chi connectivity index (χ4v) is 1.97. The summed E-state index contributed by atoms with van der Waals surface area (Å²) in [5, 5.41) is 13.6. The van der Waals surface area contributed by atoms with Crippen LogP contribution >= 0.6 is 0 Å². The van der Waals surface area contributed by atoms with E-state index in [4.69, 9.17) is 0 Å². The Balaban J connectivity index is 2.19. The molecule has 7 nitrogen and oxygen atoms in total. The van der Waals surface area contributed by atoms with E-state index in [1.165, 1.54) is 4.52 Å². The molecule has 0 radical (unpaired) electrons. The molecule has 0 saturated heterocycles.